The van der Waals surface area contributed by atoms with Crippen molar-refractivity contribution in [2.75, 3.05) is 11.0 Å². The van der Waals surface area contributed by atoms with Crippen LogP contribution in [0, 0.1) is 5.82 Å². The van der Waals surface area contributed by atoms with Crippen LogP contribution in [0.2, 0.25) is 5.02 Å². The predicted molar refractivity (Wildman–Crippen MR) is 62.0 cm³/mol. The fourth-order valence-electron chi connectivity index (χ4n) is 0.969. The molecule has 0 bridgehead atoms. The first kappa shape index (κ1) is 11.2. The van der Waals surface area contributed by atoms with Crippen LogP contribution in [-0.2, 0) is 6.54 Å². The zero-order valence-electron chi connectivity index (χ0n) is 6.99. The molecule has 0 fully saturated rings. The van der Waals surface area contributed by atoms with Crippen LogP contribution < -0.4 is 5.32 Å². The van der Waals surface area contributed by atoms with Gasteiger partial charge in [0.25, 0.3) is 0 Å². The van der Waals surface area contributed by atoms with E-state index in [9.17, 15) is 4.39 Å². The maximum absolute atomic E-state index is 12.8. The fourth-order valence-corrected chi connectivity index (χ4v) is 1.53. The summed E-state index contributed by atoms with van der Waals surface area (Å²) in [4.78, 5) is 0. The second kappa shape index (κ2) is 5.78. The number of rotatable bonds is 4. The Bertz CT molecular complexity index is 280. The van der Waals surface area contributed by atoms with Gasteiger partial charge in [0.1, 0.15) is 5.82 Å². The first-order valence-electron chi connectivity index (χ1n) is 3.94. The lowest BCUT2D eigenvalue weighted by Crippen LogP contribution is -2.15. The molecule has 0 atom stereocenters. The molecular formula is C9H10ClFIN. The van der Waals surface area contributed by atoms with Crippen LogP contribution in [0.1, 0.15) is 5.56 Å². The standard InChI is InChI=1S/C9H10ClFIN/c10-9-2-1-8(11)5-7(9)6-13-4-3-12/h1-2,5,13H,3-4,6H2. The highest BCUT2D eigenvalue weighted by atomic mass is 127. The highest BCUT2D eigenvalue weighted by molar-refractivity contribution is 14.1. The second-order valence-electron chi connectivity index (χ2n) is 2.60. The van der Waals surface area contributed by atoms with Crippen LogP contribution in [0.4, 0.5) is 4.39 Å². The van der Waals surface area contributed by atoms with E-state index in [-0.39, 0.29) is 5.82 Å². The quantitative estimate of drug-likeness (QED) is 0.512. The minimum Gasteiger partial charge on any atom is -0.312 e. The zero-order valence-corrected chi connectivity index (χ0v) is 9.90. The fraction of sp³-hybridized carbons (Fsp3) is 0.333. The topological polar surface area (TPSA) is 12.0 Å². The Morgan fingerprint density at radius 1 is 1.46 bits per heavy atom. The van der Waals surface area contributed by atoms with Crippen molar-refractivity contribution in [2.45, 2.75) is 6.54 Å². The maximum Gasteiger partial charge on any atom is 0.123 e. The first-order chi connectivity index (χ1) is 6.24. The van der Waals surface area contributed by atoms with Crippen LogP contribution in [0.25, 0.3) is 0 Å². The molecule has 0 aliphatic carbocycles. The van der Waals surface area contributed by atoms with E-state index in [1.165, 1.54) is 12.1 Å². The Hall–Kier alpha value is 0.130. The third kappa shape index (κ3) is 3.79. The van der Waals surface area contributed by atoms with Crippen molar-refractivity contribution in [3.8, 4) is 0 Å². The molecule has 13 heavy (non-hydrogen) atoms. The summed E-state index contributed by atoms with van der Waals surface area (Å²) in [5.74, 6) is -0.240. The van der Waals surface area contributed by atoms with Crippen molar-refractivity contribution in [2.24, 2.45) is 0 Å². The molecule has 0 aromatic heterocycles. The van der Waals surface area contributed by atoms with Crippen molar-refractivity contribution in [1.82, 2.24) is 5.32 Å². The first-order valence-corrected chi connectivity index (χ1v) is 5.85. The summed E-state index contributed by atoms with van der Waals surface area (Å²) in [6, 6.07) is 4.41. The number of alkyl halides is 1. The predicted octanol–water partition coefficient (Wildman–Crippen LogP) is 3.00. The lowest BCUT2D eigenvalue weighted by Gasteiger charge is -2.04. The van der Waals surface area contributed by atoms with Gasteiger partial charge in [0.15, 0.2) is 0 Å². The Balaban J connectivity index is 2.59. The number of hydrogen-bond acceptors (Lipinski definition) is 1. The second-order valence-corrected chi connectivity index (χ2v) is 4.09. The molecule has 0 aliphatic rings. The van der Waals surface area contributed by atoms with Gasteiger partial charge in [0.05, 0.1) is 0 Å². The lowest BCUT2D eigenvalue weighted by molar-refractivity contribution is 0.622. The Labute approximate surface area is 95.8 Å². The minimum absolute atomic E-state index is 0.240. The Kier molecular flexibility index (Phi) is 4.98. The van der Waals surface area contributed by atoms with Crippen molar-refractivity contribution < 1.29 is 4.39 Å². The molecule has 0 unspecified atom stereocenters. The van der Waals surface area contributed by atoms with Crippen LogP contribution in [0.5, 0.6) is 0 Å². The summed E-state index contributed by atoms with van der Waals surface area (Å²) in [5, 5.41) is 3.77. The summed E-state index contributed by atoms with van der Waals surface area (Å²) < 4.78 is 13.8. The zero-order chi connectivity index (χ0) is 9.68. The van der Waals surface area contributed by atoms with Crippen LogP contribution in [0.3, 0.4) is 0 Å². The van der Waals surface area contributed by atoms with Crippen molar-refractivity contribution in [3.05, 3.63) is 34.6 Å². The van der Waals surface area contributed by atoms with Crippen LogP contribution >= 0.6 is 34.2 Å². The van der Waals surface area contributed by atoms with Crippen molar-refractivity contribution in [3.63, 3.8) is 0 Å². The lowest BCUT2D eigenvalue weighted by atomic mass is 10.2. The molecule has 0 amide bonds. The molecule has 0 radical (unpaired) electrons. The van der Waals surface area contributed by atoms with Gasteiger partial charge in [-0.05, 0) is 23.8 Å². The van der Waals surface area contributed by atoms with Crippen LogP contribution in [-0.4, -0.2) is 11.0 Å². The van der Waals surface area contributed by atoms with Gasteiger partial charge in [-0.3, -0.25) is 0 Å². The van der Waals surface area contributed by atoms with E-state index >= 15 is 0 Å². The van der Waals surface area contributed by atoms with Crippen LogP contribution in [0.15, 0.2) is 18.2 Å². The van der Waals surface area contributed by atoms with E-state index in [0.29, 0.717) is 11.6 Å². The molecule has 1 aromatic carbocycles. The number of nitrogens with one attached hydrogen (secondary N) is 1. The van der Waals surface area contributed by atoms with E-state index in [4.69, 9.17) is 11.6 Å². The van der Waals surface area contributed by atoms with E-state index in [1.54, 1.807) is 6.07 Å². The third-order valence-corrected chi connectivity index (χ3v) is 2.50. The minimum atomic E-state index is -0.240. The summed E-state index contributed by atoms with van der Waals surface area (Å²) in [6.45, 7) is 1.53. The molecule has 72 valence electrons. The average molecular weight is 314 g/mol. The number of halogens is 3. The molecule has 0 saturated carbocycles. The average Bonchev–Trinajstić information content (AvgIpc) is 2.11. The molecule has 1 N–H and O–H groups in total. The molecular weight excluding hydrogens is 303 g/mol. The molecule has 1 rings (SSSR count). The molecule has 0 aliphatic heterocycles. The molecule has 0 saturated heterocycles. The Morgan fingerprint density at radius 2 is 2.23 bits per heavy atom. The smallest absolute Gasteiger partial charge is 0.123 e. The number of benzene rings is 1. The third-order valence-electron chi connectivity index (χ3n) is 1.59. The summed E-state index contributed by atoms with van der Waals surface area (Å²) in [6.07, 6.45) is 0. The van der Waals surface area contributed by atoms with Gasteiger partial charge in [-0.15, -0.1) is 0 Å². The van der Waals surface area contributed by atoms with Crippen molar-refractivity contribution in [1.29, 1.82) is 0 Å². The van der Waals surface area contributed by atoms with Gasteiger partial charge in [0.2, 0.25) is 0 Å². The molecule has 1 aromatic rings. The van der Waals surface area contributed by atoms with Gasteiger partial charge in [-0.1, -0.05) is 34.2 Å². The SMILES string of the molecule is Fc1ccc(Cl)c(CNCCI)c1. The van der Waals surface area contributed by atoms with Gasteiger partial charge in [-0.2, -0.15) is 0 Å². The maximum atomic E-state index is 12.8. The highest BCUT2D eigenvalue weighted by Crippen LogP contribution is 2.16. The van der Waals surface area contributed by atoms with Crippen molar-refractivity contribution >= 4 is 34.2 Å². The van der Waals surface area contributed by atoms with E-state index in [1.807, 2.05) is 0 Å². The van der Waals surface area contributed by atoms with E-state index < -0.39 is 0 Å². The monoisotopic (exact) mass is 313 g/mol. The van der Waals surface area contributed by atoms with Gasteiger partial charge >= 0.3 is 0 Å². The normalized spacial score (nSPS) is 10.4. The molecule has 4 heteroatoms. The van der Waals surface area contributed by atoms with Gasteiger partial charge < -0.3 is 5.32 Å². The highest BCUT2D eigenvalue weighted by Gasteiger charge is 2.00. The van der Waals surface area contributed by atoms with E-state index in [0.717, 1.165) is 16.5 Å². The summed E-state index contributed by atoms with van der Waals surface area (Å²) in [5.41, 5.74) is 0.812. The van der Waals surface area contributed by atoms with Gasteiger partial charge in [-0.25, -0.2) is 4.39 Å². The molecule has 0 heterocycles. The summed E-state index contributed by atoms with van der Waals surface area (Å²) >= 11 is 8.14. The Morgan fingerprint density at radius 3 is 2.92 bits per heavy atom. The summed E-state index contributed by atoms with van der Waals surface area (Å²) in [7, 11) is 0. The number of hydrogen-bond donors (Lipinski definition) is 1. The molecule has 0 spiro atoms. The molecule has 1 nitrogen and oxygen atoms in total. The van der Waals surface area contributed by atoms with E-state index in [2.05, 4.69) is 27.9 Å². The largest absolute Gasteiger partial charge is 0.312 e. The van der Waals surface area contributed by atoms with Gasteiger partial charge in [0, 0.05) is 22.5 Å².